The van der Waals surface area contributed by atoms with E-state index in [1.54, 1.807) is 18.2 Å². The topological polar surface area (TPSA) is 75.6 Å². The van der Waals surface area contributed by atoms with Gasteiger partial charge in [0.25, 0.3) is 5.91 Å². The molecule has 212 valence electrons. The highest BCUT2D eigenvalue weighted by Gasteiger charge is 2.42. The molecular formula is C35H43NO4. The molecule has 2 N–H and O–H groups in total. The van der Waals surface area contributed by atoms with Crippen molar-refractivity contribution in [2.24, 2.45) is 17.8 Å². The normalized spacial score (nSPS) is 16.9. The van der Waals surface area contributed by atoms with Crippen LogP contribution in [0, 0.1) is 17.8 Å². The molecule has 3 aromatic carbocycles. The van der Waals surface area contributed by atoms with Gasteiger partial charge in [-0.15, -0.1) is 0 Å². The van der Waals surface area contributed by atoms with Crippen molar-refractivity contribution in [2.45, 2.75) is 71.6 Å². The second-order valence-corrected chi connectivity index (χ2v) is 11.6. The van der Waals surface area contributed by atoms with E-state index in [9.17, 15) is 9.59 Å². The van der Waals surface area contributed by atoms with E-state index in [2.05, 4.69) is 62.5 Å². The molecular weight excluding hydrogens is 498 g/mol. The summed E-state index contributed by atoms with van der Waals surface area (Å²) in [5, 5.41) is 11.9. The highest BCUT2D eigenvalue weighted by molar-refractivity contribution is 6.06. The summed E-state index contributed by atoms with van der Waals surface area (Å²) >= 11 is 0. The van der Waals surface area contributed by atoms with E-state index in [4.69, 9.17) is 9.84 Å². The Bertz CT molecular complexity index is 1270. The molecule has 3 unspecified atom stereocenters. The van der Waals surface area contributed by atoms with Crippen molar-refractivity contribution in [1.82, 2.24) is 0 Å². The zero-order valence-electron chi connectivity index (χ0n) is 24.1. The fourth-order valence-corrected chi connectivity index (χ4v) is 5.77. The lowest BCUT2D eigenvalue weighted by Gasteiger charge is -2.18. The van der Waals surface area contributed by atoms with Crippen molar-refractivity contribution in [3.63, 3.8) is 0 Å². The molecule has 0 heterocycles. The van der Waals surface area contributed by atoms with Crippen LogP contribution in [0.2, 0.25) is 0 Å². The third-order valence-electron chi connectivity index (χ3n) is 7.75. The van der Waals surface area contributed by atoms with Crippen molar-refractivity contribution in [3.8, 4) is 5.75 Å². The number of anilines is 1. The molecule has 1 aliphatic carbocycles. The first-order valence-corrected chi connectivity index (χ1v) is 14.8. The standard InChI is InChI=1S/C35H43NO4/c1-4-9-30(27-17-15-25(16-18-27)20-24(2)3)32-23-28(32)21-26-10-7-11-29(22-26)36-35(39)31-12-5-6-13-33(31)40-19-8-14-34(37)38/h5-7,10-13,15-18,22,24,28,30,32H,4,8-9,14,19-21,23H2,1-3H3,(H,36,39)(H,37,38). The lowest BCUT2D eigenvalue weighted by Crippen LogP contribution is -2.14. The van der Waals surface area contributed by atoms with Crippen LogP contribution in [0.4, 0.5) is 5.69 Å². The molecule has 0 saturated heterocycles. The Labute approximate surface area is 239 Å². The Morgan fingerprint density at radius 2 is 1.77 bits per heavy atom. The maximum atomic E-state index is 13.1. The van der Waals surface area contributed by atoms with Gasteiger partial charge in [-0.1, -0.05) is 75.7 Å². The number of ether oxygens (including phenoxy) is 1. The van der Waals surface area contributed by atoms with Crippen molar-refractivity contribution in [1.29, 1.82) is 0 Å². The Hall–Kier alpha value is -3.60. The largest absolute Gasteiger partial charge is 0.493 e. The van der Waals surface area contributed by atoms with E-state index in [1.807, 2.05) is 18.2 Å². The van der Waals surface area contributed by atoms with Gasteiger partial charge in [-0.3, -0.25) is 9.59 Å². The Kier molecular flexibility index (Phi) is 10.4. The van der Waals surface area contributed by atoms with Gasteiger partial charge in [-0.05, 0) is 96.7 Å². The van der Waals surface area contributed by atoms with Crippen LogP contribution in [-0.4, -0.2) is 23.6 Å². The summed E-state index contributed by atoms with van der Waals surface area (Å²) in [6, 6.07) is 24.6. The predicted octanol–water partition coefficient (Wildman–Crippen LogP) is 8.14. The quantitative estimate of drug-likeness (QED) is 0.190. The van der Waals surface area contributed by atoms with E-state index in [1.165, 1.54) is 36.0 Å². The smallest absolute Gasteiger partial charge is 0.303 e. The molecule has 1 fully saturated rings. The van der Waals surface area contributed by atoms with Gasteiger partial charge in [-0.25, -0.2) is 0 Å². The van der Waals surface area contributed by atoms with E-state index >= 15 is 0 Å². The predicted molar refractivity (Wildman–Crippen MR) is 161 cm³/mol. The zero-order valence-corrected chi connectivity index (χ0v) is 24.1. The van der Waals surface area contributed by atoms with Crippen LogP contribution >= 0.6 is 0 Å². The van der Waals surface area contributed by atoms with E-state index in [0.29, 0.717) is 41.4 Å². The van der Waals surface area contributed by atoms with E-state index < -0.39 is 5.97 Å². The molecule has 0 bridgehead atoms. The SMILES string of the molecule is CCCC(c1ccc(CC(C)C)cc1)C1CC1Cc1cccc(NC(=O)c2ccccc2OCCCC(=O)O)c1. The minimum absolute atomic E-state index is 0.0345. The highest BCUT2D eigenvalue weighted by atomic mass is 16.5. The maximum Gasteiger partial charge on any atom is 0.303 e. The summed E-state index contributed by atoms with van der Waals surface area (Å²) in [5.41, 5.74) is 5.35. The highest BCUT2D eigenvalue weighted by Crippen LogP contribution is 2.52. The fraction of sp³-hybridized carbons (Fsp3) is 0.429. The third-order valence-corrected chi connectivity index (χ3v) is 7.75. The lowest BCUT2D eigenvalue weighted by atomic mass is 9.87. The van der Waals surface area contributed by atoms with Gasteiger partial charge in [0.2, 0.25) is 0 Å². The number of hydrogen-bond donors (Lipinski definition) is 2. The van der Waals surface area contributed by atoms with Gasteiger partial charge in [-0.2, -0.15) is 0 Å². The second kappa shape index (κ2) is 14.2. The van der Waals surface area contributed by atoms with Crippen molar-refractivity contribution in [2.75, 3.05) is 11.9 Å². The van der Waals surface area contributed by atoms with Gasteiger partial charge in [0.05, 0.1) is 12.2 Å². The number of nitrogens with one attached hydrogen (secondary N) is 1. The Morgan fingerprint density at radius 1 is 1.00 bits per heavy atom. The first-order valence-electron chi connectivity index (χ1n) is 14.8. The van der Waals surface area contributed by atoms with Crippen molar-refractivity contribution < 1.29 is 19.4 Å². The number of para-hydroxylation sites is 1. The van der Waals surface area contributed by atoms with Gasteiger partial charge < -0.3 is 15.2 Å². The number of amides is 1. The molecule has 1 amide bonds. The number of rotatable bonds is 15. The molecule has 1 aliphatic rings. The van der Waals surface area contributed by atoms with Gasteiger partial charge >= 0.3 is 5.97 Å². The Morgan fingerprint density at radius 3 is 2.50 bits per heavy atom. The maximum absolute atomic E-state index is 13.1. The summed E-state index contributed by atoms with van der Waals surface area (Å²) in [6.07, 6.45) is 6.23. The molecule has 1 saturated carbocycles. The summed E-state index contributed by atoms with van der Waals surface area (Å²) in [5.74, 6) is 2.02. The fourth-order valence-electron chi connectivity index (χ4n) is 5.77. The molecule has 4 rings (SSSR count). The first-order chi connectivity index (χ1) is 19.3. The minimum atomic E-state index is -0.858. The van der Waals surface area contributed by atoms with Crippen LogP contribution in [0.3, 0.4) is 0 Å². The average molecular weight is 542 g/mol. The Balaban J connectivity index is 1.35. The van der Waals surface area contributed by atoms with Gasteiger partial charge in [0, 0.05) is 12.1 Å². The summed E-state index contributed by atoms with van der Waals surface area (Å²) in [4.78, 5) is 23.8. The zero-order chi connectivity index (χ0) is 28.5. The lowest BCUT2D eigenvalue weighted by molar-refractivity contribution is -0.137. The van der Waals surface area contributed by atoms with E-state index in [0.717, 1.165) is 18.5 Å². The number of aliphatic carboxylic acids is 1. The van der Waals surface area contributed by atoms with Crippen LogP contribution in [0.5, 0.6) is 5.75 Å². The molecule has 0 aromatic heterocycles. The van der Waals surface area contributed by atoms with Crippen molar-refractivity contribution >= 4 is 17.6 Å². The van der Waals surface area contributed by atoms with E-state index in [-0.39, 0.29) is 18.9 Å². The summed E-state index contributed by atoms with van der Waals surface area (Å²) in [7, 11) is 0. The number of carboxylic acid groups (broad SMARTS) is 1. The molecule has 3 atom stereocenters. The average Bonchev–Trinajstić information content (AvgIpc) is 3.68. The molecule has 0 spiro atoms. The number of benzene rings is 3. The van der Waals surface area contributed by atoms with Crippen LogP contribution < -0.4 is 10.1 Å². The molecule has 5 heteroatoms. The minimum Gasteiger partial charge on any atom is -0.493 e. The molecule has 40 heavy (non-hydrogen) atoms. The van der Waals surface area contributed by atoms with Gasteiger partial charge in [0.15, 0.2) is 0 Å². The molecule has 0 aliphatic heterocycles. The van der Waals surface area contributed by atoms with Crippen LogP contribution in [0.1, 0.15) is 85.8 Å². The number of carbonyl (C=O) groups excluding carboxylic acids is 1. The molecule has 5 nitrogen and oxygen atoms in total. The summed E-state index contributed by atoms with van der Waals surface area (Å²) in [6.45, 7) is 7.06. The summed E-state index contributed by atoms with van der Waals surface area (Å²) < 4.78 is 5.72. The second-order valence-electron chi connectivity index (χ2n) is 11.6. The molecule has 3 aromatic rings. The van der Waals surface area contributed by atoms with Crippen LogP contribution in [0.15, 0.2) is 72.8 Å². The number of carboxylic acids is 1. The monoisotopic (exact) mass is 541 g/mol. The number of hydrogen-bond acceptors (Lipinski definition) is 3. The van der Waals surface area contributed by atoms with Crippen molar-refractivity contribution in [3.05, 3.63) is 95.1 Å². The van der Waals surface area contributed by atoms with Gasteiger partial charge in [0.1, 0.15) is 5.75 Å². The number of carbonyl (C=O) groups is 2. The molecule has 0 radical (unpaired) electrons. The van der Waals surface area contributed by atoms with Crippen LogP contribution in [0.25, 0.3) is 0 Å². The third kappa shape index (κ3) is 8.45. The van der Waals surface area contributed by atoms with Crippen LogP contribution in [-0.2, 0) is 17.6 Å². The first kappa shape index (κ1) is 29.4.